The first-order chi connectivity index (χ1) is 8.79. The maximum absolute atomic E-state index is 10.5. The van der Waals surface area contributed by atoms with Crippen LogP contribution in [-0.2, 0) is 9.59 Å². The molecule has 2 rings (SSSR count). The SMILES string of the molecule is O=C=NC1(N=C=O)C=CC=C(c2ccccc2)C1. The minimum atomic E-state index is -1.19. The molecule has 0 amide bonds. The van der Waals surface area contributed by atoms with E-state index in [0.717, 1.165) is 11.1 Å². The summed E-state index contributed by atoms with van der Waals surface area (Å²) in [6.07, 6.45) is 8.50. The third-order valence-corrected chi connectivity index (χ3v) is 2.73. The van der Waals surface area contributed by atoms with Gasteiger partial charge in [-0.1, -0.05) is 42.5 Å². The van der Waals surface area contributed by atoms with Crippen molar-refractivity contribution in [3.05, 3.63) is 54.1 Å². The van der Waals surface area contributed by atoms with Gasteiger partial charge in [-0.25, -0.2) is 9.59 Å². The fraction of sp³-hybridized carbons (Fsp3) is 0.143. The molecule has 4 heteroatoms. The van der Waals surface area contributed by atoms with E-state index in [1.165, 1.54) is 12.2 Å². The quantitative estimate of drug-likeness (QED) is 0.599. The lowest BCUT2D eigenvalue weighted by Gasteiger charge is -2.22. The maximum Gasteiger partial charge on any atom is 0.237 e. The molecule has 0 aromatic heterocycles. The minimum absolute atomic E-state index is 0.345. The molecule has 4 nitrogen and oxygen atoms in total. The summed E-state index contributed by atoms with van der Waals surface area (Å²) >= 11 is 0. The van der Waals surface area contributed by atoms with E-state index in [0.29, 0.717) is 6.42 Å². The van der Waals surface area contributed by atoms with Crippen LogP contribution in [0.3, 0.4) is 0 Å². The Labute approximate surface area is 104 Å². The van der Waals surface area contributed by atoms with Gasteiger partial charge in [0.15, 0.2) is 5.66 Å². The molecular weight excluding hydrogens is 228 g/mol. The van der Waals surface area contributed by atoms with Crippen LogP contribution in [0, 0.1) is 0 Å². The average Bonchev–Trinajstić information content (AvgIpc) is 2.40. The topological polar surface area (TPSA) is 58.9 Å². The lowest BCUT2D eigenvalue weighted by Crippen LogP contribution is -2.22. The zero-order valence-corrected chi connectivity index (χ0v) is 9.54. The molecule has 18 heavy (non-hydrogen) atoms. The number of hydrogen-bond donors (Lipinski definition) is 0. The Morgan fingerprint density at radius 2 is 1.72 bits per heavy atom. The summed E-state index contributed by atoms with van der Waals surface area (Å²) in [5.41, 5.74) is 0.771. The summed E-state index contributed by atoms with van der Waals surface area (Å²) in [6, 6.07) is 9.66. The third kappa shape index (κ3) is 2.41. The summed E-state index contributed by atoms with van der Waals surface area (Å²) in [5.74, 6) is 0. The standard InChI is InChI=1S/C14H10N2O2/c17-10-15-14(16-11-18)8-4-7-13(9-14)12-5-2-1-3-6-12/h1-8H,9H2. The first-order valence-electron chi connectivity index (χ1n) is 5.41. The zero-order valence-electron chi connectivity index (χ0n) is 9.54. The summed E-state index contributed by atoms with van der Waals surface area (Å²) in [7, 11) is 0. The molecule has 0 heterocycles. The predicted molar refractivity (Wildman–Crippen MR) is 67.2 cm³/mol. The Bertz CT molecular complexity index is 571. The Morgan fingerprint density at radius 3 is 2.33 bits per heavy atom. The molecule has 0 aliphatic heterocycles. The lowest BCUT2D eigenvalue weighted by atomic mass is 9.90. The van der Waals surface area contributed by atoms with Gasteiger partial charge in [0.25, 0.3) is 0 Å². The highest BCUT2D eigenvalue weighted by atomic mass is 16.1. The molecule has 0 fully saturated rings. The van der Waals surface area contributed by atoms with Crippen LogP contribution in [0.2, 0.25) is 0 Å². The molecule has 1 aromatic carbocycles. The zero-order chi connectivity index (χ0) is 12.8. The maximum atomic E-state index is 10.5. The highest BCUT2D eigenvalue weighted by Gasteiger charge is 2.29. The van der Waals surface area contributed by atoms with Gasteiger partial charge in [-0.2, -0.15) is 9.98 Å². The van der Waals surface area contributed by atoms with Crippen LogP contribution in [0.5, 0.6) is 0 Å². The van der Waals surface area contributed by atoms with Crippen LogP contribution in [0.1, 0.15) is 12.0 Å². The smallest absolute Gasteiger partial charge is 0.211 e. The normalized spacial score (nSPS) is 21.4. The molecule has 0 N–H and O–H groups in total. The number of hydrogen-bond acceptors (Lipinski definition) is 4. The number of rotatable bonds is 3. The van der Waals surface area contributed by atoms with Gasteiger partial charge in [0.2, 0.25) is 12.2 Å². The van der Waals surface area contributed by atoms with Gasteiger partial charge in [-0.05, 0) is 17.2 Å². The van der Waals surface area contributed by atoms with Gasteiger partial charge < -0.3 is 0 Å². The van der Waals surface area contributed by atoms with Gasteiger partial charge in [0, 0.05) is 6.42 Å². The number of nitrogens with zero attached hydrogens (tertiary/aromatic N) is 2. The average molecular weight is 238 g/mol. The molecule has 0 saturated heterocycles. The van der Waals surface area contributed by atoms with Crippen LogP contribution in [0.25, 0.3) is 5.57 Å². The van der Waals surface area contributed by atoms with E-state index in [4.69, 9.17) is 0 Å². The van der Waals surface area contributed by atoms with Crippen LogP contribution < -0.4 is 0 Å². The minimum Gasteiger partial charge on any atom is -0.211 e. The molecular formula is C14H10N2O2. The summed E-state index contributed by atoms with van der Waals surface area (Å²) in [4.78, 5) is 28.2. The van der Waals surface area contributed by atoms with Crippen molar-refractivity contribution < 1.29 is 9.59 Å². The molecule has 1 aromatic rings. The van der Waals surface area contributed by atoms with Crippen LogP contribution >= 0.6 is 0 Å². The van der Waals surface area contributed by atoms with Crippen molar-refractivity contribution >= 4 is 17.7 Å². The summed E-state index contributed by atoms with van der Waals surface area (Å²) in [6.45, 7) is 0. The second kappa shape index (κ2) is 5.19. The van der Waals surface area contributed by atoms with E-state index in [-0.39, 0.29) is 0 Å². The molecule has 0 radical (unpaired) electrons. The Morgan fingerprint density at radius 1 is 1.06 bits per heavy atom. The van der Waals surface area contributed by atoms with Crippen molar-refractivity contribution in [3.63, 3.8) is 0 Å². The van der Waals surface area contributed by atoms with E-state index in [2.05, 4.69) is 9.98 Å². The number of isocyanates is 2. The van der Waals surface area contributed by atoms with Crippen molar-refractivity contribution in [2.75, 3.05) is 0 Å². The van der Waals surface area contributed by atoms with Crippen LogP contribution in [-0.4, -0.2) is 17.8 Å². The number of carbonyl (C=O) groups excluding carboxylic acids is 2. The Hall–Kier alpha value is -2.54. The Balaban J connectivity index is 2.39. The largest absolute Gasteiger partial charge is 0.237 e. The molecule has 0 bridgehead atoms. The van der Waals surface area contributed by atoms with E-state index in [1.807, 2.05) is 36.4 Å². The second-order valence-corrected chi connectivity index (χ2v) is 3.88. The molecule has 0 atom stereocenters. The summed E-state index contributed by atoms with van der Waals surface area (Å²) in [5, 5.41) is 0. The van der Waals surface area contributed by atoms with E-state index in [1.54, 1.807) is 12.2 Å². The molecule has 88 valence electrons. The van der Waals surface area contributed by atoms with Gasteiger partial charge in [-0.15, -0.1) is 0 Å². The predicted octanol–water partition coefficient (Wildman–Crippen LogP) is 2.40. The van der Waals surface area contributed by atoms with Gasteiger partial charge in [0.1, 0.15) is 0 Å². The van der Waals surface area contributed by atoms with Crippen molar-refractivity contribution in [2.24, 2.45) is 9.98 Å². The van der Waals surface area contributed by atoms with Crippen LogP contribution in [0.15, 0.2) is 58.5 Å². The fourth-order valence-electron chi connectivity index (χ4n) is 1.90. The first-order valence-corrected chi connectivity index (χ1v) is 5.41. The number of aliphatic imine (C=N–C) groups is 2. The van der Waals surface area contributed by atoms with E-state index >= 15 is 0 Å². The third-order valence-electron chi connectivity index (χ3n) is 2.73. The molecule has 0 spiro atoms. The molecule has 0 unspecified atom stereocenters. The van der Waals surface area contributed by atoms with Gasteiger partial charge in [0.05, 0.1) is 0 Å². The molecule has 1 aliphatic carbocycles. The van der Waals surface area contributed by atoms with Gasteiger partial charge >= 0.3 is 0 Å². The van der Waals surface area contributed by atoms with E-state index < -0.39 is 5.66 Å². The summed E-state index contributed by atoms with van der Waals surface area (Å²) < 4.78 is 0. The number of allylic oxidation sites excluding steroid dienone is 2. The Kier molecular flexibility index (Phi) is 3.44. The lowest BCUT2D eigenvalue weighted by molar-refractivity contribution is 0.517. The molecule has 1 aliphatic rings. The highest BCUT2D eigenvalue weighted by Crippen LogP contribution is 2.33. The molecule has 0 saturated carbocycles. The second-order valence-electron chi connectivity index (χ2n) is 3.88. The first kappa shape index (κ1) is 11.9. The highest BCUT2D eigenvalue weighted by molar-refractivity contribution is 5.70. The van der Waals surface area contributed by atoms with Gasteiger partial charge in [-0.3, -0.25) is 0 Å². The monoisotopic (exact) mass is 238 g/mol. The van der Waals surface area contributed by atoms with Crippen molar-refractivity contribution in [1.82, 2.24) is 0 Å². The van der Waals surface area contributed by atoms with Crippen molar-refractivity contribution in [1.29, 1.82) is 0 Å². The number of benzene rings is 1. The van der Waals surface area contributed by atoms with Crippen molar-refractivity contribution in [3.8, 4) is 0 Å². The van der Waals surface area contributed by atoms with Crippen LogP contribution in [0.4, 0.5) is 0 Å². The fourth-order valence-corrected chi connectivity index (χ4v) is 1.90. The van der Waals surface area contributed by atoms with E-state index in [9.17, 15) is 9.59 Å². The van der Waals surface area contributed by atoms with Crippen molar-refractivity contribution in [2.45, 2.75) is 12.1 Å².